The molecule has 0 aliphatic heterocycles. The van der Waals surface area contributed by atoms with E-state index in [2.05, 4.69) is 15.5 Å². The van der Waals surface area contributed by atoms with E-state index in [1.165, 1.54) is 0 Å². The molecule has 6 nitrogen and oxygen atoms in total. The van der Waals surface area contributed by atoms with Crippen LogP contribution in [-0.2, 0) is 22.5 Å². The Morgan fingerprint density at radius 1 is 1.35 bits per heavy atom. The van der Waals surface area contributed by atoms with Gasteiger partial charge in [-0.25, -0.2) is 0 Å². The molecule has 6 heteroatoms. The lowest BCUT2D eigenvalue weighted by Crippen LogP contribution is -2.24. The third-order valence-corrected chi connectivity index (χ3v) is 2.57. The maximum Gasteiger partial charge on any atom is 0.319 e. The summed E-state index contributed by atoms with van der Waals surface area (Å²) in [6.45, 7) is 2.62. The third kappa shape index (κ3) is 4.47. The van der Waals surface area contributed by atoms with E-state index in [4.69, 9.17) is 9.26 Å². The molecule has 0 amide bonds. The first kappa shape index (κ1) is 14.2. The zero-order valence-corrected chi connectivity index (χ0v) is 11.3. The molecule has 0 spiro atoms. The molecule has 0 saturated heterocycles. The van der Waals surface area contributed by atoms with Gasteiger partial charge in [0.25, 0.3) is 0 Å². The molecule has 1 aromatic carbocycles. The number of esters is 1. The monoisotopic (exact) mass is 275 g/mol. The number of hydrogen-bond acceptors (Lipinski definition) is 6. The minimum absolute atomic E-state index is 0.129. The number of nitrogens with zero attached hydrogens (tertiary/aromatic N) is 2. The Balaban J connectivity index is 1.79. The number of nitrogens with one attached hydrogen (secondary N) is 1. The number of benzene rings is 1. The van der Waals surface area contributed by atoms with E-state index < -0.39 is 0 Å². The van der Waals surface area contributed by atoms with Crippen molar-refractivity contribution in [2.45, 2.75) is 19.9 Å². The molecular formula is C14H17N3O3. The van der Waals surface area contributed by atoms with E-state index in [0.717, 1.165) is 5.56 Å². The molecule has 1 heterocycles. The highest BCUT2D eigenvalue weighted by atomic mass is 16.5. The van der Waals surface area contributed by atoms with Gasteiger partial charge in [-0.05, 0) is 12.5 Å². The summed E-state index contributed by atoms with van der Waals surface area (Å²) < 4.78 is 9.90. The lowest BCUT2D eigenvalue weighted by atomic mass is 10.1. The molecule has 2 aromatic rings. The molecule has 1 aromatic heterocycles. The van der Waals surface area contributed by atoms with Gasteiger partial charge in [-0.2, -0.15) is 4.98 Å². The molecular weight excluding hydrogens is 258 g/mol. The SMILES string of the molecule is CCOC(=O)CNCc1nc(Cc2ccccc2)no1. The van der Waals surface area contributed by atoms with Gasteiger partial charge in [0.2, 0.25) is 5.89 Å². The Bertz CT molecular complexity index is 540. The summed E-state index contributed by atoms with van der Waals surface area (Å²) in [5.41, 5.74) is 1.12. The average Bonchev–Trinajstić information content (AvgIpc) is 2.88. The van der Waals surface area contributed by atoms with Crippen molar-refractivity contribution >= 4 is 5.97 Å². The molecule has 0 bridgehead atoms. The second kappa shape index (κ2) is 7.40. The van der Waals surface area contributed by atoms with E-state index in [1.807, 2.05) is 30.3 Å². The summed E-state index contributed by atoms with van der Waals surface area (Å²) in [4.78, 5) is 15.4. The van der Waals surface area contributed by atoms with Crippen LogP contribution in [0.1, 0.15) is 24.2 Å². The Kier molecular flexibility index (Phi) is 5.25. The standard InChI is InChI=1S/C14H17N3O3/c1-2-19-14(18)10-15-9-13-16-12(17-20-13)8-11-6-4-3-5-7-11/h3-7,15H,2,8-10H2,1H3. The molecule has 0 unspecified atom stereocenters. The van der Waals surface area contributed by atoms with Gasteiger partial charge >= 0.3 is 5.97 Å². The molecule has 2 rings (SSSR count). The first-order chi connectivity index (χ1) is 9.78. The molecule has 0 aliphatic rings. The van der Waals surface area contributed by atoms with E-state index in [9.17, 15) is 4.79 Å². The fourth-order valence-corrected chi connectivity index (χ4v) is 1.70. The number of rotatable bonds is 7. The van der Waals surface area contributed by atoms with Crippen LogP contribution in [0.4, 0.5) is 0 Å². The van der Waals surface area contributed by atoms with Crippen molar-refractivity contribution in [3.8, 4) is 0 Å². The minimum atomic E-state index is -0.295. The third-order valence-electron chi connectivity index (χ3n) is 2.57. The van der Waals surface area contributed by atoms with Crippen LogP contribution in [0.5, 0.6) is 0 Å². The highest BCUT2D eigenvalue weighted by Gasteiger charge is 2.08. The predicted molar refractivity (Wildman–Crippen MR) is 71.9 cm³/mol. The van der Waals surface area contributed by atoms with Crippen molar-refractivity contribution in [3.05, 3.63) is 47.6 Å². The Morgan fingerprint density at radius 3 is 2.90 bits per heavy atom. The van der Waals surface area contributed by atoms with Gasteiger partial charge in [-0.3, -0.25) is 10.1 Å². The minimum Gasteiger partial charge on any atom is -0.465 e. The highest BCUT2D eigenvalue weighted by Crippen LogP contribution is 2.06. The smallest absolute Gasteiger partial charge is 0.319 e. The molecule has 0 aliphatic carbocycles. The maximum absolute atomic E-state index is 11.1. The summed E-state index contributed by atoms with van der Waals surface area (Å²) in [6.07, 6.45) is 0.627. The van der Waals surface area contributed by atoms with Crippen molar-refractivity contribution < 1.29 is 14.1 Å². The van der Waals surface area contributed by atoms with Crippen LogP contribution in [-0.4, -0.2) is 29.3 Å². The topological polar surface area (TPSA) is 77.2 Å². The molecule has 0 radical (unpaired) electrons. The van der Waals surface area contributed by atoms with E-state index in [0.29, 0.717) is 31.3 Å². The summed E-state index contributed by atoms with van der Waals surface area (Å²) in [6, 6.07) is 9.92. The van der Waals surface area contributed by atoms with Gasteiger partial charge < -0.3 is 9.26 Å². The molecule has 1 N–H and O–H groups in total. The van der Waals surface area contributed by atoms with E-state index in [-0.39, 0.29) is 12.5 Å². The van der Waals surface area contributed by atoms with Crippen LogP contribution in [0.25, 0.3) is 0 Å². The maximum atomic E-state index is 11.1. The van der Waals surface area contributed by atoms with Crippen LogP contribution in [0.2, 0.25) is 0 Å². The summed E-state index contributed by atoms with van der Waals surface area (Å²) in [7, 11) is 0. The van der Waals surface area contributed by atoms with Gasteiger partial charge in [-0.1, -0.05) is 35.5 Å². The zero-order valence-electron chi connectivity index (χ0n) is 11.3. The second-order valence-electron chi connectivity index (χ2n) is 4.18. The van der Waals surface area contributed by atoms with Crippen molar-refractivity contribution in [1.82, 2.24) is 15.5 Å². The summed E-state index contributed by atoms with van der Waals surface area (Å²) >= 11 is 0. The van der Waals surface area contributed by atoms with Crippen molar-refractivity contribution in [2.24, 2.45) is 0 Å². The largest absolute Gasteiger partial charge is 0.465 e. The average molecular weight is 275 g/mol. The number of carbonyl (C=O) groups excluding carboxylic acids is 1. The Morgan fingerprint density at radius 2 is 2.15 bits per heavy atom. The normalized spacial score (nSPS) is 10.4. The zero-order chi connectivity index (χ0) is 14.2. The molecule has 0 atom stereocenters. The van der Waals surface area contributed by atoms with Crippen molar-refractivity contribution in [2.75, 3.05) is 13.2 Å². The van der Waals surface area contributed by atoms with Crippen LogP contribution in [0.15, 0.2) is 34.9 Å². The number of aromatic nitrogens is 2. The predicted octanol–water partition coefficient (Wildman–Crippen LogP) is 1.31. The van der Waals surface area contributed by atoms with Gasteiger partial charge in [0.15, 0.2) is 5.82 Å². The van der Waals surface area contributed by atoms with Crippen molar-refractivity contribution in [3.63, 3.8) is 0 Å². The van der Waals surface area contributed by atoms with Crippen molar-refractivity contribution in [1.29, 1.82) is 0 Å². The summed E-state index contributed by atoms with van der Waals surface area (Å²) in [5.74, 6) is 0.792. The summed E-state index contributed by atoms with van der Waals surface area (Å²) in [5, 5.41) is 6.80. The number of carbonyl (C=O) groups is 1. The number of ether oxygens (including phenoxy) is 1. The first-order valence-corrected chi connectivity index (χ1v) is 6.49. The van der Waals surface area contributed by atoms with Crippen LogP contribution < -0.4 is 5.32 Å². The molecule has 0 saturated carbocycles. The van der Waals surface area contributed by atoms with Gasteiger partial charge in [0.05, 0.1) is 19.7 Å². The molecule has 0 fully saturated rings. The number of hydrogen-bond donors (Lipinski definition) is 1. The first-order valence-electron chi connectivity index (χ1n) is 6.49. The molecule has 20 heavy (non-hydrogen) atoms. The second-order valence-corrected chi connectivity index (χ2v) is 4.18. The van der Waals surface area contributed by atoms with Gasteiger partial charge in [0.1, 0.15) is 0 Å². The van der Waals surface area contributed by atoms with Gasteiger partial charge in [-0.15, -0.1) is 0 Å². The van der Waals surface area contributed by atoms with Gasteiger partial charge in [0, 0.05) is 6.42 Å². The fourth-order valence-electron chi connectivity index (χ4n) is 1.70. The van der Waals surface area contributed by atoms with Crippen LogP contribution >= 0.6 is 0 Å². The van der Waals surface area contributed by atoms with E-state index in [1.54, 1.807) is 6.92 Å². The Hall–Kier alpha value is -2.21. The quantitative estimate of drug-likeness (QED) is 0.768. The van der Waals surface area contributed by atoms with Crippen LogP contribution in [0.3, 0.4) is 0 Å². The lowest BCUT2D eigenvalue weighted by molar-refractivity contribution is -0.142. The Labute approximate surface area is 117 Å². The molecule has 106 valence electrons. The highest BCUT2D eigenvalue weighted by molar-refractivity contribution is 5.71. The van der Waals surface area contributed by atoms with E-state index >= 15 is 0 Å². The lowest BCUT2D eigenvalue weighted by Gasteiger charge is -2.01. The fraction of sp³-hybridized carbons (Fsp3) is 0.357. The van der Waals surface area contributed by atoms with Crippen LogP contribution in [0, 0.1) is 0 Å².